The Kier molecular flexibility index (Phi) is 7.66. The lowest BCUT2D eigenvalue weighted by Crippen LogP contribution is -2.41. The van der Waals surface area contributed by atoms with Gasteiger partial charge in [0.05, 0.1) is 6.54 Å². The molecule has 0 unspecified atom stereocenters. The van der Waals surface area contributed by atoms with Crippen LogP contribution in [0.5, 0.6) is 0 Å². The molecule has 5 nitrogen and oxygen atoms in total. The number of likely N-dealkylation sites (tertiary alicyclic amines) is 1. The highest BCUT2D eigenvalue weighted by Crippen LogP contribution is 2.11. The van der Waals surface area contributed by atoms with Crippen LogP contribution in [0.25, 0.3) is 0 Å². The van der Waals surface area contributed by atoms with Gasteiger partial charge in [0, 0.05) is 30.7 Å². The highest BCUT2D eigenvalue weighted by Gasteiger charge is 2.08. The van der Waals surface area contributed by atoms with E-state index in [1.54, 1.807) is 11.3 Å². The van der Waals surface area contributed by atoms with Crippen LogP contribution in [0.1, 0.15) is 42.5 Å². The molecule has 2 heterocycles. The van der Waals surface area contributed by atoms with Gasteiger partial charge in [-0.25, -0.2) is 9.98 Å². The first-order chi connectivity index (χ1) is 10.8. The Hall–Kier alpha value is -1.14. The second-order valence-electron chi connectivity index (χ2n) is 5.74. The van der Waals surface area contributed by atoms with Crippen molar-refractivity contribution in [2.24, 2.45) is 4.99 Å². The Morgan fingerprint density at radius 3 is 2.68 bits per heavy atom. The first kappa shape index (κ1) is 17.2. The number of thiazole rings is 1. The maximum atomic E-state index is 4.62. The molecule has 0 aliphatic carbocycles. The van der Waals surface area contributed by atoms with E-state index in [0.29, 0.717) is 6.54 Å². The van der Waals surface area contributed by atoms with Crippen molar-refractivity contribution < 1.29 is 0 Å². The van der Waals surface area contributed by atoms with Crippen molar-refractivity contribution in [3.8, 4) is 0 Å². The lowest BCUT2D eigenvalue weighted by atomic mass is 10.2. The summed E-state index contributed by atoms with van der Waals surface area (Å²) in [4.78, 5) is 12.8. The molecule has 1 aromatic heterocycles. The number of aliphatic imine (C=N–C) groups is 1. The van der Waals surface area contributed by atoms with Crippen molar-refractivity contribution in [2.45, 2.75) is 46.1 Å². The SMILES string of the molecule is CCNC(=NCc1ncc(C)s1)NCCN1CCCCCC1. The number of hydrogen-bond donors (Lipinski definition) is 2. The highest BCUT2D eigenvalue weighted by atomic mass is 32.1. The van der Waals surface area contributed by atoms with Gasteiger partial charge >= 0.3 is 0 Å². The van der Waals surface area contributed by atoms with E-state index in [9.17, 15) is 0 Å². The van der Waals surface area contributed by atoms with E-state index < -0.39 is 0 Å². The van der Waals surface area contributed by atoms with E-state index in [2.05, 4.69) is 39.4 Å². The van der Waals surface area contributed by atoms with Crippen LogP contribution in [0, 0.1) is 6.92 Å². The Bertz CT molecular complexity index is 449. The van der Waals surface area contributed by atoms with Crippen molar-refractivity contribution in [1.82, 2.24) is 20.5 Å². The van der Waals surface area contributed by atoms with E-state index in [-0.39, 0.29) is 0 Å². The highest BCUT2D eigenvalue weighted by molar-refractivity contribution is 7.11. The monoisotopic (exact) mass is 323 g/mol. The van der Waals surface area contributed by atoms with Gasteiger partial charge in [0.2, 0.25) is 0 Å². The zero-order chi connectivity index (χ0) is 15.6. The van der Waals surface area contributed by atoms with Crippen molar-refractivity contribution in [3.05, 3.63) is 16.1 Å². The van der Waals surface area contributed by atoms with E-state index >= 15 is 0 Å². The lowest BCUT2D eigenvalue weighted by molar-refractivity contribution is 0.289. The van der Waals surface area contributed by atoms with Gasteiger partial charge in [0.15, 0.2) is 5.96 Å². The molecule has 0 spiro atoms. The molecule has 2 rings (SSSR count). The summed E-state index contributed by atoms with van der Waals surface area (Å²) in [7, 11) is 0. The van der Waals surface area contributed by atoms with Crippen LogP contribution in [-0.2, 0) is 6.54 Å². The molecule has 1 aliphatic heterocycles. The van der Waals surface area contributed by atoms with Crippen LogP contribution in [-0.4, -0.2) is 48.6 Å². The van der Waals surface area contributed by atoms with Crippen LogP contribution in [0.2, 0.25) is 0 Å². The minimum atomic E-state index is 0.650. The molecule has 6 heteroatoms. The summed E-state index contributed by atoms with van der Waals surface area (Å²) < 4.78 is 0. The molecular formula is C16H29N5S. The third kappa shape index (κ3) is 6.32. The van der Waals surface area contributed by atoms with Gasteiger partial charge in [-0.15, -0.1) is 11.3 Å². The molecule has 1 aromatic rings. The summed E-state index contributed by atoms with van der Waals surface area (Å²) in [5.74, 6) is 0.894. The van der Waals surface area contributed by atoms with E-state index in [1.807, 2.05) is 6.20 Å². The summed E-state index contributed by atoms with van der Waals surface area (Å²) in [6.07, 6.45) is 7.38. The zero-order valence-electron chi connectivity index (χ0n) is 13.9. The first-order valence-corrected chi connectivity index (χ1v) is 9.25. The Morgan fingerprint density at radius 1 is 1.27 bits per heavy atom. The predicted octanol–water partition coefficient (Wildman–Crippen LogP) is 2.38. The number of hydrogen-bond acceptors (Lipinski definition) is 4. The van der Waals surface area contributed by atoms with Crippen molar-refractivity contribution >= 4 is 17.3 Å². The predicted molar refractivity (Wildman–Crippen MR) is 94.6 cm³/mol. The van der Waals surface area contributed by atoms with Crippen LogP contribution < -0.4 is 10.6 Å². The van der Waals surface area contributed by atoms with Gasteiger partial charge in [0.25, 0.3) is 0 Å². The Labute approximate surface area is 138 Å². The van der Waals surface area contributed by atoms with Gasteiger partial charge in [-0.3, -0.25) is 0 Å². The Morgan fingerprint density at radius 2 is 2.05 bits per heavy atom. The lowest BCUT2D eigenvalue weighted by Gasteiger charge is -2.20. The van der Waals surface area contributed by atoms with Crippen LogP contribution in [0.15, 0.2) is 11.2 Å². The third-order valence-electron chi connectivity index (χ3n) is 3.80. The molecule has 1 saturated heterocycles. The molecule has 1 fully saturated rings. The van der Waals surface area contributed by atoms with E-state index in [1.165, 1.54) is 43.6 Å². The number of aromatic nitrogens is 1. The molecule has 22 heavy (non-hydrogen) atoms. The fourth-order valence-electron chi connectivity index (χ4n) is 2.66. The van der Waals surface area contributed by atoms with Crippen molar-refractivity contribution in [1.29, 1.82) is 0 Å². The van der Waals surface area contributed by atoms with Gasteiger partial charge in [-0.2, -0.15) is 0 Å². The number of guanidine groups is 1. The van der Waals surface area contributed by atoms with E-state index in [4.69, 9.17) is 0 Å². The molecule has 0 radical (unpaired) electrons. The third-order valence-corrected chi connectivity index (χ3v) is 4.70. The van der Waals surface area contributed by atoms with Crippen LogP contribution in [0.4, 0.5) is 0 Å². The smallest absolute Gasteiger partial charge is 0.191 e. The minimum Gasteiger partial charge on any atom is -0.357 e. The van der Waals surface area contributed by atoms with Crippen LogP contribution in [0.3, 0.4) is 0 Å². The van der Waals surface area contributed by atoms with Gasteiger partial charge in [-0.05, 0) is 39.8 Å². The summed E-state index contributed by atoms with van der Waals surface area (Å²) in [5.41, 5.74) is 0. The fraction of sp³-hybridized carbons (Fsp3) is 0.750. The molecule has 0 saturated carbocycles. The van der Waals surface area contributed by atoms with Gasteiger partial charge < -0.3 is 15.5 Å². The minimum absolute atomic E-state index is 0.650. The fourth-order valence-corrected chi connectivity index (χ4v) is 3.37. The Balaban J connectivity index is 1.75. The summed E-state index contributed by atoms with van der Waals surface area (Å²) in [6.45, 7) is 10.2. The number of rotatable bonds is 6. The molecule has 0 amide bonds. The number of aryl methyl sites for hydroxylation is 1. The maximum Gasteiger partial charge on any atom is 0.191 e. The summed E-state index contributed by atoms with van der Waals surface area (Å²) >= 11 is 1.71. The molecule has 0 bridgehead atoms. The number of nitrogens with one attached hydrogen (secondary N) is 2. The zero-order valence-corrected chi connectivity index (χ0v) is 14.7. The number of nitrogens with zero attached hydrogens (tertiary/aromatic N) is 3. The van der Waals surface area contributed by atoms with Gasteiger partial charge in [0.1, 0.15) is 5.01 Å². The normalized spacial score (nSPS) is 17.3. The van der Waals surface area contributed by atoms with Crippen molar-refractivity contribution in [2.75, 3.05) is 32.7 Å². The second kappa shape index (κ2) is 9.79. The summed E-state index contributed by atoms with van der Waals surface area (Å²) in [5, 5.41) is 7.82. The largest absolute Gasteiger partial charge is 0.357 e. The standard InChI is InChI=1S/C16H29N5S/c1-3-17-16(20-13-15-19-12-14(2)22-15)18-8-11-21-9-6-4-5-7-10-21/h12H,3-11,13H2,1-2H3,(H2,17,18,20). The average molecular weight is 324 g/mol. The maximum absolute atomic E-state index is 4.62. The van der Waals surface area contributed by atoms with Crippen molar-refractivity contribution in [3.63, 3.8) is 0 Å². The molecule has 1 aliphatic rings. The molecule has 0 atom stereocenters. The molecule has 2 N–H and O–H groups in total. The first-order valence-electron chi connectivity index (χ1n) is 8.44. The topological polar surface area (TPSA) is 52.6 Å². The van der Waals surface area contributed by atoms with Gasteiger partial charge in [-0.1, -0.05) is 12.8 Å². The van der Waals surface area contributed by atoms with Crippen LogP contribution >= 0.6 is 11.3 Å². The quantitative estimate of drug-likeness (QED) is 0.623. The van der Waals surface area contributed by atoms with E-state index in [0.717, 1.165) is 30.6 Å². The summed E-state index contributed by atoms with van der Waals surface area (Å²) in [6, 6.07) is 0. The molecule has 0 aromatic carbocycles. The molecule has 124 valence electrons. The second-order valence-corrected chi connectivity index (χ2v) is 7.06. The average Bonchev–Trinajstić information content (AvgIpc) is 2.76. The molecular weight excluding hydrogens is 294 g/mol.